The number of aromatic amines is 1. The summed E-state index contributed by atoms with van der Waals surface area (Å²) in [5.41, 5.74) is 3.57. The molecule has 7 heteroatoms. The molecule has 7 nitrogen and oxygen atoms in total. The van der Waals surface area contributed by atoms with Gasteiger partial charge in [0.15, 0.2) is 5.69 Å². The Morgan fingerprint density at radius 2 is 2.00 bits per heavy atom. The van der Waals surface area contributed by atoms with Crippen LogP contribution in [0.25, 0.3) is 10.9 Å². The smallest absolute Gasteiger partial charge is 0.274 e. The minimum Gasteiger partial charge on any atom is -0.337 e. The van der Waals surface area contributed by atoms with E-state index in [1.54, 1.807) is 10.7 Å². The Balaban J connectivity index is 1.25. The fraction of sp³-hybridized carbons (Fsp3) is 0.429. The summed E-state index contributed by atoms with van der Waals surface area (Å²) in [5.74, 6) is 0.341. The van der Waals surface area contributed by atoms with Crippen molar-refractivity contribution in [1.82, 2.24) is 24.9 Å². The van der Waals surface area contributed by atoms with E-state index in [0.29, 0.717) is 31.2 Å². The second-order valence-electron chi connectivity index (χ2n) is 7.84. The van der Waals surface area contributed by atoms with E-state index in [-0.39, 0.29) is 11.5 Å². The number of piperidine rings is 1. The molecule has 1 saturated heterocycles. The summed E-state index contributed by atoms with van der Waals surface area (Å²) in [6, 6.07) is 9.45. The Morgan fingerprint density at radius 1 is 1.18 bits per heavy atom. The van der Waals surface area contributed by atoms with E-state index >= 15 is 0 Å². The van der Waals surface area contributed by atoms with Crippen LogP contribution in [0.1, 0.15) is 41.0 Å². The molecule has 1 aliphatic heterocycles. The van der Waals surface area contributed by atoms with Crippen molar-refractivity contribution in [2.45, 2.75) is 38.6 Å². The monoisotopic (exact) mass is 377 g/mol. The maximum absolute atomic E-state index is 12.9. The predicted octanol–water partition coefficient (Wildman–Crippen LogP) is 2.16. The van der Waals surface area contributed by atoms with E-state index in [1.165, 1.54) is 0 Å². The third-order valence-electron chi connectivity index (χ3n) is 6.03. The van der Waals surface area contributed by atoms with Gasteiger partial charge >= 0.3 is 0 Å². The van der Waals surface area contributed by atoms with Crippen LogP contribution in [0.15, 0.2) is 35.1 Å². The highest BCUT2D eigenvalue weighted by Crippen LogP contribution is 2.23. The lowest BCUT2D eigenvalue weighted by Crippen LogP contribution is -2.40. The molecule has 2 aromatic heterocycles. The number of nitrogens with one attached hydrogen (secondary N) is 1. The van der Waals surface area contributed by atoms with E-state index < -0.39 is 0 Å². The summed E-state index contributed by atoms with van der Waals surface area (Å²) in [7, 11) is 0. The third-order valence-corrected chi connectivity index (χ3v) is 6.03. The number of H-pyrrole nitrogens is 1. The average molecular weight is 377 g/mol. The Hall–Kier alpha value is -2.96. The summed E-state index contributed by atoms with van der Waals surface area (Å²) >= 11 is 0. The van der Waals surface area contributed by atoms with E-state index in [4.69, 9.17) is 0 Å². The van der Waals surface area contributed by atoms with Crippen molar-refractivity contribution in [2.24, 2.45) is 5.92 Å². The van der Waals surface area contributed by atoms with Crippen LogP contribution in [0.2, 0.25) is 0 Å². The van der Waals surface area contributed by atoms with Crippen LogP contribution in [0.3, 0.4) is 0 Å². The number of rotatable bonds is 3. The molecule has 0 saturated carbocycles. The van der Waals surface area contributed by atoms with Gasteiger partial charge in [-0.1, -0.05) is 18.2 Å². The van der Waals surface area contributed by atoms with Gasteiger partial charge in [0.25, 0.3) is 11.5 Å². The molecule has 2 aliphatic rings. The number of nitrogens with zero attached hydrogens (tertiary/aromatic N) is 4. The number of likely N-dealkylation sites (tertiary alicyclic amines) is 1. The van der Waals surface area contributed by atoms with E-state index in [1.807, 2.05) is 29.2 Å². The minimum absolute atomic E-state index is 0.00199. The molecular formula is C21H23N5O2. The Morgan fingerprint density at radius 3 is 2.86 bits per heavy atom. The lowest BCUT2D eigenvalue weighted by atomic mass is 9.96. The maximum atomic E-state index is 12.9. The first-order valence-electron chi connectivity index (χ1n) is 10.0. The highest BCUT2D eigenvalue weighted by molar-refractivity contribution is 6.04. The number of aromatic nitrogens is 4. The van der Waals surface area contributed by atoms with Crippen LogP contribution in [0.5, 0.6) is 0 Å². The minimum atomic E-state index is -0.0243. The van der Waals surface area contributed by atoms with Gasteiger partial charge in [0, 0.05) is 31.1 Å². The number of fused-ring (bicyclic) bond motifs is 2. The SMILES string of the molecule is O=C(c1n[nH]c2ccccc12)N1CCC(Cn2nc3c(cc2=O)CCC3)CC1. The lowest BCUT2D eigenvalue weighted by Gasteiger charge is -2.31. The quantitative estimate of drug-likeness (QED) is 0.758. The first-order chi connectivity index (χ1) is 13.7. The van der Waals surface area contributed by atoms with E-state index in [9.17, 15) is 9.59 Å². The Kier molecular flexibility index (Phi) is 4.22. The van der Waals surface area contributed by atoms with Crippen LogP contribution in [0.4, 0.5) is 0 Å². The summed E-state index contributed by atoms with van der Waals surface area (Å²) in [6.45, 7) is 2.01. The Bertz CT molecular complexity index is 1090. The van der Waals surface area contributed by atoms with Crippen LogP contribution in [0, 0.1) is 5.92 Å². The first-order valence-corrected chi connectivity index (χ1v) is 10.0. The van der Waals surface area contributed by atoms with Gasteiger partial charge in [0.05, 0.1) is 11.2 Å². The molecule has 0 radical (unpaired) electrons. The van der Waals surface area contributed by atoms with Gasteiger partial charge in [-0.15, -0.1) is 0 Å². The molecule has 3 aromatic rings. The molecule has 1 fully saturated rings. The topological polar surface area (TPSA) is 83.9 Å². The molecule has 1 N–H and O–H groups in total. The molecule has 0 bridgehead atoms. The molecule has 144 valence electrons. The lowest BCUT2D eigenvalue weighted by molar-refractivity contribution is 0.0676. The van der Waals surface area contributed by atoms with Gasteiger partial charge in [-0.3, -0.25) is 14.7 Å². The number of hydrogen-bond donors (Lipinski definition) is 1. The van der Waals surface area contributed by atoms with Crippen molar-refractivity contribution in [2.75, 3.05) is 13.1 Å². The standard InChI is InChI=1S/C21H23N5O2/c27-19-12-15-4-3-7-17(15)24-26(19)13-14-8-10-25(11-9-14)21(28)20-16-5-1-2-6-18(16)22-23-20/h1-2,5-6,12,14H,3-4,7-11,13H2,(H,22,23). The summed E-state index contributed by atoms with van der Waals surface area (Å²) in [4.78, 5) is 27.1. The maximum Gasteiger partial charge on any atom is 0.274 e. The van der Waals surface area contributed by atoms with Gasteiger partial charge in [-0.2, -0.15) is 10.2 Å². The molecule has 1 aliphatic carbocycles. The Labute approximate surface area is 162 Å². The van der Waals surface area contributed by atoms with Gasteiger partial charge in [-0.25, -0.2) is 4.68 Å². The van der Waals surface area contributed by atoms with Gasteiger partial charge in [0.2, 0.25) is 0 Å². The molecule has 1 amide bonds. The van der Waals surface area contributed by atoms with Crippen molar-refractivity contribution in [3.63, 3.8) is 0 Å². The molecular weight excluding hydrogens is 354 g/mol. The molecule has 28 heavy (non-hydrogen) atoms. The zero-order chi connectivity index (χ0) is 19.1. The van der Waals surface area contributed by atoms with Crippen molar-refractivity contribution < 1.29 is 4.79 Å². The summed E-state index contributed by atoms with van der Waals surface area (Å²) in [6.07, 6.45) is 4.79. The summed E-state index contributed by atoms with van der Waals surface area (Å²) in [5, 5.41) is 12.6. The number of amides is 1. The molecule has 1 aromatic carbocycles. The predicted molar refractivity (Wildman–Crippen MR) is 105 cm³/mol. The van der Waals surface area contributed by atoms with Crippen LogP contribution >= 0.6 is 0 Å². The van der Waals surface area contributed by atoms with Gasteiger partial charge < -0.3 is 4.90 Å². The van der Waals surface area contributed by atoms with Gasteiger partial charge in [-0.05, 0) is 49.7 Å². The first kappa shape index (κ1) is 17.2. The van der Waals surface area contributed by atoms with Crippen LogP contribution < -0.4 is 5.56 Å². The normalized spacial score (nSPS) is 17.2. The molecule has 0 unspecified atom stereocenters. The molecule has 0 spiro atoms. The number of benzene rings is 1. The number of aryl methyl sites for hydroxylation is 2. The van der Waals surface area contributed by atoms with Gasteiger partial charge in [0.1, 0.15) is 0 Å². The second-order valence-corrected chi connectivity index (χ2v) is 7.84. The number of para-hydroxylation sites is 1. The molecule has 5 rings (SSSR count). The molecule has 3 heterocycles. The highest BCUT2D eigenvalue weighted by Gasteiger charge is 2.27. The van der Waals surface area contributed by atoms with E-state index in [2.05, 4.69) is 15.3 Å². The number of hydrogen-bond acceptors (Lipinski definition) is 4. The number of carbonyl (C=O) groups excluding carboxylic acids is 1. The third kappa shape index (κ3) is 3.00. The zero-order valence-electron chi connectivity index (χ0n) is 15.7. The largest absolute Gasteiger partial charge is 0.337 e. The van der Waals surface area contributed by atoms with Crippen molar-refractivity contribution in [3.8, 4) is 0 Å². The zero-order valence-corrected chi connectivity index (χ0v) is 15.7. The fourth-order valence-electron chi connectivity index (χ4n) is 4.41. The summed E-state index contributed by atoms with van der Waals surface area (Å²) < 4.78 is 1.63. The van der Waals surface area contributed by atoms with Crippen LogP contribution in [-0.2, 0) is 19.4 Å². The fourth-order valence-corrected chi connectivity index (χ4v) is 4.41. The van der Waals surface area contributed by atoms with Crippen molar-refractivity contribution in [3.05, 3.63) is 57.6 Å². The highest BCUT2D eigenvalue weighted by atomic mass is 16.2. The van der Waals surface area contributed by atoms with Crippen molar-refractivity contribution in [1.29, 1.82) is 0 Å². The number of carbonyl (C=O) groups is 1. The second kappa shape index (κ2) is 6.89. The van der Waals surface area contributed by atoms with Crippen molar-refractivity contribution >= 4 is 16.8 Å². The van der Waals surface area contributed by atoms with E-state index in [0.717, 1.165) is 54.3 Å². The average Bonchev–Trinajstić information content (AvgIpc) is 3.35. The van der Waals surface area contributed by atoms with Crippen LogP contribution in [-0.4, -0.2) is 43.9 Å². The molecule has 0 atom stereocenters.